The van der Waals surface area contributed by atoms with Gasteiger partial charge in [-0.05, 0) is 88.6 Å². The molecule has 3 aromatic rings. The van der Waals surface area contributed by atoms with Crippen LogP contribution in [0.25, 0.3) is 22.2 Å². The third kappa shape index (κ3) is 4.47. The number of ether oxygens (including phenoxy) is 1. The topological polar surface area (TPSA) is 86.1 Å². The summed E-state index contributed by atoms with van der Waals surface area (Å²) in [5, 5.41) is 12.7. The van der Waals surface area contributed by atoms with Crippen LogP contribution in [0.2, 0.25) is 0 Å². The van der Waals surface area contributed by atoms with Gasteiger partial charge in [-0.3, -0.25) is 0 Å². The van der Waals surface area contributed by atoms with Crippen molar-refractivity contribution in [2.45, 2.75) is 76.6 Å². The van der Waals surface area contributed by atoms with Gasteiger partial charge in [0.2, 0.25) is 0 Å². The summed E-state index contributed by atoms with van der Waals surface area (Å²) in [5.41, 5.74) is 2.48. The Morgan fingerprint density at radius 2 is 1.73 bits per heavy atom. The van der Waals surface area contributed by atoms with Crippen LogP contribution in [0.3, 0.4) is 0 Å². The number of nitrogens with zero attached hydrogens (tertiary/aromatic N) is 1. The number of pyridine rings is 1. The zero-order valence-electron chi connectivity index (χ0n) is 20.1. The van der Waals surface area contributed by atoms with Crippen LogP contribution in [0.4, 0.5) is 0 Å². The van der Waals surface area contributed by atoms with E-state index in [0.29, 0.717) is 28.6 Å². The Balaban J connectivity index is 1.80. The lowest BCUT2D eigenvalue weighted by Crippen LogP contribution is -2.31. The van der Waals surface area contributed by atoms with E-state index in [-0.39, 0.29) is 11.0 Å². The third-order valence-corrected chi connectivity index (χ3v) is 9.19. The van der Waals surface area contributed by atoms with Crippen LogP contribution in [0.15, 0.2) is 41.4 Å². The van der Waals surface area contributed by atoms with Crippen LogP contribution in [-0.2, 0) is 9.84 Å². The molecule has 0 amide bonds. The van der Waals surface area contributed by atoms with Gasteiger partial charge in [0.25, 0.3) is 5.65 Å². The van der Waals surface area contributed by atoms with Gasteiger partial charge in [-0.25, -0.2) is 18.1 Å². The summed E-state index contributed by atoms with van der Waals surface area (Å²) in [6, 6.07) is 8.80. The molecule has 1 aliphatic rings. The molecule has 2 heterocycles. The van der Waals surface area contributed by atoms with Gasteiger partial charge in [-0.1, -0.05) is 13.8 Å². The van der Waals surface area contributed by atoms with Crippen molar-refractivity contribution >= 4 is 20.9 Å². The van der Waals surface area contributed by atoms with E-state index in [0.717, 1.165) is 47.3 Å². The number of aryl methyl sites for hydroxylation is 1. The lowest BCUT2D eigenvalue weighted by Gasteiger charge is -2.31. The minimum atomic E-state index is -3.46. The van der Waals surface area contributed by atoms with Crippen molar-refractivity contribution in [3.8, 4) is 16.9 Å². The minimum Gasteiger partial charge on any atom is -0.710 e. The van der Waals surface area contributed by atoms with E-state index in [1.165, 1.54) is 0 Å². The second-order valence-electron chi connectivity index (χ2n) is 9.88. The van der Waals surface area contributed by atoms with Crippen LogP contribution >= 0.6 is 0 Å². The van der Waals surface area contributed by atoms with Gasteiger partial charge < -0.3 is 9.94 Å². The zero-order chi connectivity index (χ0) is 23.9. The van der Waals surface area contributed by atoms with E-state index in [2.05, 4.69) is 18.8 Å². The van der Waals surface area contributed by atoms with Gasteiger partial charge in [0.05, 0.1) is 27.8 Å². The van der Waals surface area contributed by atoms with Gasteiger partial charge >= 0.3 is 0 Å². The average molecular weight is 471 g/mol. The Kier molecular flexibility index (Phi) is 6.45. The van der Waals surface area contributed by atoms with E-state index < -0.39 is 15.1 Å². The average Bonchev–Trinajstić information content (AvgIpc) is 3.27. The largest absolute Gasteiger partial charge is 0.710 e. The van der Waals surface area contributed by atoms with Gasteiger partial charge in [-0.15, -0.1) is 0 Å². The molecule has 0 atom stereocenters. The molecular formula is C26H34N2O4S. The highest BCUT2D eigenvalue weighted by Gasteiger charge is 2.27. The number of H-pyrrole nitrogens is 1. The van der Waals surface area contributed by atoms with Crippen LogP contribution in [0, 0.1) is 24.0 Å². The molecule has 6 nitrogen and oxygen atoms in total. The number of fused-ring (bicyclic) bond motifs is 1. The molecule has 0 bridgehead atoms. The second-order valence-corrected chi connectivity index (χ2v) is 12.4. The molecule has 4 rings (SSSR count). The molecule has 1 aliphatic carbocycles. The number of sulfone groups is 1. The molecule has 0 saturated heterocycles. The molecule has 1 N–H and O–H groups in total. The molecule has 1 saturated carbocycles. The number of rotatable bonds is 6. The Labute approximate surface area is 196 Å². The summed E-state index contributed by atoms with van der Waals surface area (Å²) in [4.78, 5) is 3.28. The smallest absolute Gasteiger partial charge is 0.290 e. The molecule has 0 unspecified atom stereocenters. The van der Waals surface area contributed by atoms with Crippen LogP contribution in [-0.4, -0.2) is 24.8 Å². The maximum absolute atomic E-state index is 13.0. The number of aromatic nitrogens is 2. The van der Waals surface area contributed by atoms with Crippen molar-refractivity contribution in [1.82, 2.24) is 4.98 Å². The first-order valence-corrected chi connectivity index (χ1v) is 13.4. The van der Waals surface area contributed by atoms with E-state index in [9.17, 15) is 13.6 Å². The van der Waals surface area contributed by atoms with Crippen molar-refractivity contribution in [1.29, 1.82) is 0 Å². The summed E-state index contributed by atoms with van der Waals surface area (Å²) in [6.45, 7) is 9.67. The van der Waals surface area contributed by atoms with Crippen LogP contribution in [0.1, 0.15) is 59.1 Å². The lowest BCUT2D eigenvalue weighted by molar-refractivity contribution is -0.586. The monoisotopic (exact) mass is 470 g/mol. The fourth-order valence-electron chi connectivity index (χ4n) is 4.81. The molecule has 0 aliphatic heterocycles. The quantitative estimate of drug-likeness (QED) is 0.378. The first-order valence-electron chi connectivity index (χ1n) is 11.8. The van der Waals surface area contributed by atoms with Crippen molar-refractivity contribution in [2.24, 2.45) is 11.8 Å². The summed E-state index contributed by atoms with van der Waals surface area (Å²) in [6.07, 6.45) is 6.08. The number of nitrogens with one attached hydrogen (secondary N) is 1. The van der Waals surface area contributed by atoms with Gasteiger partial charge in [0.15, 0.2) is 9.84 Å². The number of aromatic amines is 1. The van der Waals surface area contributed by atoms with E-state index in [1.807, 2.05) is 12.1 Å². The molecule has 1 aromatic carbocycles. The van der Waals surface area contributed by atoms with E-state index in [1.54, 1.807) is 45.2 Å². The first kappa shape index (κ1) is 23.6. The van der Waals surface area contributed by atoms with Crippen LogP contribution in [0.5, 0.6) is 5.75 Å². The van der Waals surface area contributed by atoms with Crippen molar-refractivity contribution in [3.63, 3.8) is 0 Å². The molecule has 33 heavy (non-hydrogen) atoms. The van der Waals surface area contributed by atoms with Crippen LogP contribution < -0.4 is 9.47 Å². The predicted molar refractivity (Wildman–Crippen MR) is 131 cm³/mol. The molecule has 2 aromatic heterocycles. The van der Waals surface area contributed by atoms with Crippen molar-refractivity contribution in [3.05, 3.63) is 47.4 Å². The molecule has 178 valence electrons. The lowest BCUT2D eigenvalue weighted by atomic mass is 9.80. The summed E-state index contributed by atoms with van der Waals surface area (Å²) >= 11 is 0. The van der Waals surface area contributed by atoms with E-state index >= 15 is 0 Å². The summed E-state index contributed by atoms with van der Waals surface area (Å²) in [7, 11) is -3.46. The number of benzene rings is 1. The van der Waals surface area contributed by atoms with E-state index in [4.69, 9.17) is 4.74 Å². The van der Waals surface area contributed by atoms with Crippen molar-refractivity contribution in [2.75, 3.05) is 0 Å². The second kappa shape index (κ2) is 9.01. The Hall–Kier alpha value is -2.54. The number of hydrogen-bond acceptors (Lipinski definition) is 4. The first-order chi connectivity index (χ1) is 15.6. The highest BCUT2D eigenvalue weighted by Crippen LogP contribution is 2.39. The van der Waals surface area contributed by atoms with Gasteiger partial charge in [-0.2, -0.15) is 0 Å². The Morgan fingerprint density at radius 1 is 1.03 bits per heavy atom. The fraction of sp³-hybridized carbons (Fsp3) is 0.500. The minimum absolute atomic E-state index is 0.0993. The standard InChI is InChI=1S/C26H34N2O4S/c1-16(2)19-6-8-20(9-7-19)32-25-11-10-21(33(30,31)17(3)4)15-24(25)23-14-18(5)28(29)26-22(23)12-13-27-26/h10-17,19-20,27H,6-9H2,1-5H3/t19-,20-. The maximum Gasteiger partial charge on any atom is 0.290 e. The Morgan fingerprint density at radius 3 is 2.36 bits per heavy atom. The van der Waals surface area contributed by atoms with Crippen molar-refractivity contribution < 1.29 is 17.9 Å². The molecule has 0 radical (unpaired) electrons. The molecular weight excluding hydrogens is 436 g/mol. The summed E-state index contributed by atoms with van der Waals surface area (Å²) < 4.78 is 33.3. The Bertz CT molecular complexity index is 1250. The normalized spacial score (nSPS) is 19.5. The maximum atomic E-state index is 13.0. The summed E-state index contributed by atoms with van der Waals surface area (Å²) in [5.74, 6) is 2.07. The van der Waals surface area contributed by atoms with Gasteiger partial charge in [0, 0.05) is 11.1 Å². The fourth-order valence-corrected chi connectivity index (χ4v) is 5.90. The highest BCUT2D eigenvalue weighted by molar-refractivity contribution is 7.92. The third-order valence-electron chi connectivity index (χ3n) is 7.04. The molecule has 1 fully saturated rings. The molecule has 0 spiro atoms. The highest BCUT2D eigenvalue weighted by atomic mass is 32.2. The van der Waals surface area contributed by atoms with Gasteiger partial charge in [0.1, 0.15) is 11.4 Å². The predicted octanol–water partition coefficient (Wildman–Crippen LogP) is 5.55. The zero-order valence-corrected chi connectivity index (χ0v) is 20.9. The molecule has 7 heteroatoms. The number of hydrogen-bond donors (Lipinski definition) is 1. The SMILES string of the molecule is Cc1cc(-c2cc(S(=O)(=O)C(C)C)ccc2O[C@H]2CC[C@H](C(C)C)CC2)c2cc[nH]c2[n+]1[O-].